The van der Waals surface area contributed by atoms with Crippen LogP contribution in [0.25, 0.3) is 0 Å². The second-order valence-electron chi connectivity index (χ2n) is 4.87. The summed E-state index contributed by atoms with van der Waals surface area (Å²) in [6.07, 6.45) is 1.95. The quantitative estimate of drug-likeness (QED) is 0.480. The normalized spacial score (nSPS) is 17.1. The number of hydrogen-bond donors (Lipinski definition) is 4. The Morgan fingerprint density at radius 3 is 2.35 bits per heavy atom. The van der Waals surface area contributed by atoms with Crippen molar-refractivity contribution in [2.24, 2.45) is 5.41 Å². The van der Waals surface area contributed by atoms with Gasteiger partial charge < -0.3 is 15.7 Å². The van der Waals surface area contributed by atoms with Gasteiger partial charge in [-0.1, -0.05) is 13.3 Å². The smallest absolute Gasteiger partial charge is 0.314 e. The minimum atomic E-state index is -3.36. The first-order chi connectivity index (χ1) is 9.31. The lowest BCUT2D eigenvalue weighted by Crippen LogP contribution is -2.50. The molecule has 0 aromatic rings. The van der Waals surface area contributed by atoms with E-state index in [1.165, 1.54) is 0 Å². The highest BCUT2D eigenvalue weighted by molar-refractivity contribution is 7.89. The molecule has 0 aliphatic heterocycles. The van der Waals surface area contributed by atoms with E-state index in [1.54, 1.807) is 6.92 Å². The van der Waals surface area contributed by atoms with E-state index in [4.69, 9.17) is 5.11 Å². The lowest BCUT2D eigenvalue weighted by atomic mass is 9.69. The summed E-state index contributed by atoms with van der Waals surface area (Å²) in [5.74, 6) is -1.11. The average Bonchev–Trinajstić information content (AvgIpc) is 2.26. The van der Waals surface area contributed by atoms with E-state index < -0.39 is 27.4 Å². The molecule has 0 radical (unpaired) electrons. The lowest BCUT2D eigenvalue weighted by molar-refractivity contribution is -0.153. The van der Waals surface area contributed by atoms with Crippen LogP contribution < -0.4 is 15.4 Å². The molecule has 0 heterocycles. The molecule has 1 saturated carbocycles. The number of carbonyl (C=O) groups is 2. The molecule has 8 nitrogen and oxygen atoms in total. The summed E-state index contributed by atoms with van der Waals surface area (Å²) in [6.45, 7) is 2.01. The third-order valence-electron chi connectivity index (χ3n) is 3.37. The van der Waals surface area contributed by atoms with Crippen molar-refractivity contribution in [1.82, 2.24) is 15.4 Å². The summed E-state index contributed by atoms with van der Waals surface area (Å²) >= 11 is 0. The van der Waals surface area contributed by atoms with Crippen molar-refractivity contribution in [3.63, 3.8) is 0 Å². The van der Waals surface area contributed by atoms with E-state index in [1.807, 2.05) is 0 Å². The third-order valence-corrected chi connectivity index (χ3v) is 4.84. The highest BCUT2D eigenvalue weighted by Gasteiger charge is 2.44. The summed E-state index contributed by atoms with van der Waals surface area (Å²) < 4.78 is 24.9. The third kappa shape index (κ3) is 4.64. The number of carboxylic acid groups (broad SMARTS) is 1. The van der Waals surface area contributed by atoms with Crippen LogP contribution in [0.3, 0.4) is 0 Å². The predicted molar refractivity (Wildman–Crippen MR) is 72.8 cm³/mol. The summed E-state index contributed by atoms with van der Waals surface area (Å²) in [6, 6.07) is -0.552. The number of rotatable bonds is 8. The van der Waals surface area contributed by atoms with Gasteiger partial charge in [-0.2, -0.15) is 0 Å². The molecule has 1 rings (SSSR count). The molecule has 0 atom stereocenters. The zero-order valence-corrected chi connectivity index (χ0v) is 12.3. The lowest BCUT2D eigenvalue weighted by Gasteiger charge is -2.37. The van der Waals surface area contributed by atoms with Crippen molar-refractivity contribution >= 4 is 22.0 Å². The van der Waals surface area contributed by atoms with E-state index in [-0.39, 0.29) is 18.8 Å². The minimum absolute atomic E-state index is 0.0265. The topological polar surface area (TPSA) is 125 Å². The van der Waals surface area contributed by atoms with Crippen molar-refractivity contribution in [2.75, 3.05) is 25.4 Å². The molecule has 9 heteroatoms. The van der Waals surface area contributed by atoms with Crippen LogP contribution in [0, 0.1) is 5.41 Å². The second-order valence-corrected chi connectivity index (χ2v) is 6.79. The predicted octanol–water partition coefficient (Wildman–Crippen LogP) is -0.520. The Bertz CT molecular complexity index is 459. The maximum atomic E-state index is 11.5. The SMILES string of the molecule is CCNS(=O)(=O)CCNC(=O)NCC1(C(=O)O)CCC1. The fraction of sp³-hybridized carbons (Fsp3) is 0.818. The molecule has 0 bridgehead atoms. The summed E-state index contributed by atoms with van der Waals surface area (Å²) in [5, 5.41) is 14.0. The van der Waals surface area contributed by atoms with Gasteiger partial charge in [0.05, 0.1) is 11.2 Å². The number of carboxylic acids is 1. The van der Waals surface area contributed by atoms with Crippen molar-refractivity contribution in [3.8, 4) is 0 Å². The molecule has 1 fully saturated rings. The largest absolute Gasteiger partial charge is 0.481 e. The number of aliphatic carboxylic acids is 1. The van der Waals surface area contributed by atoms with Crippen molar-refractivity contribution in [3.05, 3.63) is 0 Å². The van der Waals surface area contributed by atoms with Crippen molar-refractivity contribution in [1.29, 1.82) is 0 Å². The van der Waals surface area contributed by atoms with Crippen molar-refractivity contribution < 1.29 is 23.1 Å². The van der Waals surface area contributed by atoms with Crippen LogP contribution in [0.5, 0.6) is 0 Å². The molecule has 0 aromatic heterocycles. The Balaban J connectivity index is 2.26. The van der Waals surface area contributed by atoms with E-state index in [2.05, 4.69) is 15.4 Å². The molecular formula is C11H21N3O5S. The first-order valence-electron chi connectivity index (χ1n) is 6.54. The van der Waals surface area contributed by atoms with Gasteiger partial charge in [0.15, 0.2) is 0 Å². The molecule has 0 saturated heterocycles. The van der Waals surface area contributed by atoms with Crippen LogP contribution in [0.2, 0.25) is 0 Å². The van der Waals surface area contributed by atoms with Gasteiger partial charge in [-0.05, 0) is 12.8 Å². The Labute approximate surface area is 118 Å². The van der Waals surface area contributed by atoms with Gasteiger partial charge in [0.2, 0.25) is 10.0 Å². The molecule has 20 heavy (non-hydrogen) atoms. The van der Waals surface area contributed by atoms with E-state index in [9.17, 15) is 18.0 Å². The first kappa shape index (κ1) is 16.7. The molecular weight excluding hydrogens is 286 g/mol. The summed E-state index contributed by atoms with van der Waals surface area (Å²) in [4.78, 5) is 22.5. The van der Waals surface area contributed by atoms with Gasteiger partial charge in [-0.25, -0.2) is 17.9 Å². The highest BCUT2D eigenvalue weighted by atomic mass is 32.2. The van der Waals surface area contributed by atoms with Crippen molar-refractivity contribution in [2.45, 2.75) is 26.2 Å². The Hall–Kier alpha value is -1.35. The number of sulfonamides is 1. The van der Waals surface area contributed by atoms with Crippen LogP contribution >= 0.6 is 0 Å². The van der Waals surface area contributed by atoms with E-state index >= 15 is 0 Å². The minimum Gasteiger partial charge on any atom is -0.481 e. The maximum absolute atomic E-state index is 11.5. The van der Waals surface area contributed by atoms with Crippen LogP contribution in [-0.2, 0) is 14.8 Å². The number of carbonyl (C=O) groups excluding carboxylic acids is 1. The van der Waals surface area contributed by atoms with Gasteiger partial charge in [0.25, 0.3) is 0 Å². The van der Waals surface area contributed by atoms with Gasteiger partial charge in [-0.15, -0.1) is 0 Å². The van der Waals surface area contributed by atoms with Crippen LogP contribution in [0.4, 0.5) is 4.79 Å². The number of urea groups is 1. The summed E-state index contributed by atoms with van der Waals surface area (Å²) in [5.41, 5.74) is -0.854. The van der Waals surface area contributed by atoms with E-state index in [0.717, 1.165) is 6.42 Å². The Morgan fingerprint density at radius 1 is 1.25 bits per heavy atom. The number of nitrogens with one attached hydrogen (secondary N) is 3. The molecule has 4 N–H and O–H groups in total. The van der Waals surface area contributed by atoms with Crippen LogP contribution in [0.1, 0.15) is 26.2 Å². The second kappa shape index (κ2) is 6.89. The maximum Gasteiger partial charge on any atom is 0.314 e. The molecule has 1 aliphatic rings. The van der Waals surface area contributed by atoms with E-state index in [0.29, 0.717) is 19.4 Å². The molecule has 2 amide bonds. The molecule has 0 spiro atoms. The average molecular weight is 307 g/mol. The first-order valence-corrected chi connectivity index (χ1v) is 8.19. The van der Waals surface area contributed by atoms with Gasteiger partial charge in [-0.3, -0.25) is 4.79 Å². The van der Waals surface area contributed by atoms with Crippen LogP contribution in [0.15, 0.2) is 0 Å². The zero-order valence-electron chi connectivity index (χ0n) is 11.4. The zero-order chi connectivity index (χ0) is 15.2. The highest BCUT2D eigenvalue weighted by Crippen LogP contribution is 2.40. The summed E-state index contributed by atoms with van der Waals surface area (Å²) in [7, 11) is -3.36. The fourth-order valence-electron chi connectivity index (χ4n) is 1.97. The molecule has 116 valence electrons. The van der Waals surface area contributed by atoms with Gasteiger partial charge in [0.1, 0.15) is 0 Å². The van der Waals surface area contributed by atoms with Gasteiger partial charge in [0, 0.05) is 19.6 Å². The Kier molecular flexibility index (Phi) is 5.75. The standard InChI is InChI=1S/C11H21N3O5S/c1-2-14-20(18,19)7-6-12-10(17)13-8-11(9(15)16)4-3-5-11/h14H,2-8H2,1H3,(H,15,16)(H2,12,13,17). The number of hydrogen-bond acceptors (Lipinski definition) is 4. The molecule has 0 unspecified atom stereocenters. The van der Waals surface area contributed by atoms with Crippen LogP contribution in [-0.4, -0.2) is 50.9 Å². The molecule has 0 aromatic carbocycles. The fourth-order valence-corrected chi connectivity index (χ4v) is 2.93. The Morgan fingerprint density at radius 2 is 1.90 bits per heavy atom. The monoisotopic (exact) mass is 307 g/mol. The van der Waals surface area contributed by atoms with Gasteiger partial charge >= 0.3 is 12.0 Å². The molecule has 1 aliphatic carbocycles. The number of amides is 2.